The van der Waals surface area contributed by atoms with E-state index in [0.29, 0.717) is 28.3 Å². The van der Waals surface area contributed by atoms with E-state index in [4.69, 9.17) is 0 Å². The van der Waals surface area contributed by atoms with Crippen molar-refractivity contribution in [1.29, 1.82) is 0 Å². The van der Waals surface area contributed by atoms with Crippen molar-refractivity contribution < 1.29 is 18.4 Å². The van der Waals surface area contributed by atoms with E-state index in [2.05, 4.69) is 25.7 Å². The summed E-state index contributed by atoms with van der Waals surface area (Å²) in [6.07, 6.45) is 3.40. The Morgan fingerprint density at radius 2 is 1.94 bits per heavy atom. The number of rotatable bonds is 10. The number of nitrogens with one attached hydrogen (secondary N) is 2. The maximum absolute atomic E-state index is 13.2. The monoisotopic (exact) mass is 502 g/mol. The van der Waals surface area contributed by atoms with Crippen LogP contribution >= 0.6 is 11.8 Å². The van der Waals surface area contributed by atoms with E-state index >= 15 is 0 Å². The van der Waals surface area contributed by atoms with E-state index in [1.54, 1.807) is 43.8 Å². The minimum atomic E-state index is -0.791. The van der Waals surface area contributed by atoms with Gasteiger partial charge in [-0.05, 0) is 44.7 Å². The summed E-state index contributed by atoms with van der Waals surface area (Å²) in [4.78, 5) is 34.6. The number of thioether (sulfide) groups is 1. The highest BCUT2D eigenvalue weighted by Crippen LogP contribution is 2.19. The number of nitrogens with zero attached hydrogens (tertiary/aromatic N) is 4. The first kappa shape index (κ1) is 26.3. The standard InChI is InChI=1S/C24H28F2N6O2S/c1-14-6-5-7-19(22(14)24(34)28-15(2)13-35-4)23(33)30-20-11-27-21(29-16(20)3)12-32-18(10-26)8-17(9-25)31-32/h5-8,11,15H,9-10,12-13H2,1-4H3,(H,28,34)(H,30,33)/t15-/m0/s1. The Morgan fingerprint density at radius 1 is 1.17 bits per heavy atom. The maximum Gasteiger partial charge on any atom is 0.256 e. The molecule has 8 nitrogen and oxygen atoms in total. The molecule has 186 valence electrons. The second-order valence-corrected chi connectivity index (χ2v) is 9.03. The summed E-state index contributed by atoms with van der Waals surface area (Å²) in [5, 5.41) is 9.72. The maximum atomic E-state index is 13.2. The molecule has 2 amide bonds. The Kier molecular flexibility index (Phi) is 8.91. The highest BCUT2D eigenvalue weighted by Gasteiger charge is 2.21. The van der Waals surface area contributed by atoms with Crippen LogP contribution in [0.15, 0.2) is 30.5 Å². The Hall–Kier alpha value is -3.34. The zero-order chi connectivity index (χ0) is 25.5. The third-order valence-electron chi connectivity index (χ3n) is 5.29. The molecule has 0 aliphatic carbocycles. The largest absolute Gasteiger partial charge is 0.349 e. The summed E-state index contributed by atoms with van der Waals surface area (Å²) in [5.41, 5.74) is 2.46. The second kappa shape index (κ2) is 11.9. The van der Waals surface area contributed by atoms with E-state index in [-0.39, 0.29) is 35.4 Å². The van der Waals surface area contributed by atoms with Crippen LogP contribution in [0.5, 0.6) is 0 Å². The first-order valence-electron chi connectivity index (χ1n) is 11.0. The number of carbonyl (C=O) groups is 2. The van der Waals surface area contributed by atoms with E-state index in [1.165, 1.54) is 16.9 Å². The Balaban J connectivity index is 1.79. The quantitative estimate of drug-likeness (QED) is 0.434. The van der Waals surface area contributed by atoms with Crippen molar-refractivity contribution >= 4 is 29.3 Å². The molecule has 35 heavy (non-hydrogen) atoms. The highest BCUT2D eigenvalue weighted by molar-refractivity contribution is 7.98. The van der Waals surface area contributed by atoms with Crippen molar-refractivity contribution in [2.75, 3.05) is 17.3 Å². The smallest absolute Gasteiger partial charge is 0.256 e. The summed E-state index contributed by atoms with van der Waals surface area (Å²) >= 11 is 1.62. The molecular formula is C24H28F2N6O2S. The van der Waals surface area contributed by atoms with Gasteiger partial charge in [-0.15, -0.1) is 0 Å². The number of halogens is 2. The number of carbonyl (C=O) groups excluding carboxylic acids is 2. The van der Waals surface area contributed by atoms with Gasteiger partial charge < -0.3 is 10.6 Å². The summed E-state index contributed by atoms with van der Waals surface area (Å²) in [6, 6.07) is 6.41. The number of aromatic nitrogens is 4. The van der Waals surface area contributed by atoms with Crippen LogP contribution in [-0.4, -0.2) is 49.6 Å². The first-order valence-corrected chi connectivity index (χ1v) is 12.4. The fourth-order valence-electron chi connectivity index (χ4n) is 3.61. The molecule has 0 unspecified atom stereocenters. The van der Waals surface area contributed by atoms with Gasteiger partial charge in [-0.25, -0.2) is 18.7 Å². The van der Waals surface area contributed by atoms with Crippen LogP contribution in [0.1, 0.15) is 56.1 Å². The molecule has 11 heteroatoms. The molecule has 2 heterocycles. The fourth-order valence-corrected chi connectivity index (χ4v) is 4.19. The lowest BCUT2D eigenvalue weighted by molar-refractivity contribution is 0.0931. The number of amides is 2. The van der Waals surface area contributed by atoms with E-state index in [1.807, 2.05) is 13.2 Å². The normalized spacial score (nSPS) is 11.8. The number of anilines is 1. The third kappa shape index (κ3) is 6.41. The SMILES string of the molecule is CSC[C@H](C)NC(=O)c1c(C)cccc1C(=O)Nc1cnc(Cn2nc(CF)cc2CF)nc1C. The minimum Gasteiger partial charge on any atom is -0.349 e. The molecule has 0 spiro atoms. The molecule has 2 N–H and O–H groups in total. The van der Waals surface area contributed by atoms with Crippen molar-refractivity contribution in [1.82, 2.24) is 25.1 Å². The molecule has 0 saturated carbocycles. The summed E-state index contributed by atoms with van der Waals surface area (Å²) < 4.78 is 27.4. The molecule has 3 aromatic rings. The van der Waals surface area contributed by atoms with Gasteiger partial charge in [-0.3, -0.25) is 14.3 Å². The van der Waals surface area contributed by atoms with Gasteiger partial charge in [-0.2, -0.15) is 16.9 Å². The summed E-state index contributed by atoms with van der Waals surface area (Å²) in [7, 11) is 0. The number of aryl methyl sites for hydroxylation is 2. The molecule has 0 saturated heterocycles. The molecule has 3 rings (SSSR count). The predicted molar refractivity (Wildman–Crippen MR) is 132 cm³/mol. The number of hydrogen-bond donors (Lipinski definition) is 2. The topological polar surface area (TPSA) is 102 Å². The van der Waals surface area contributed by atoms with Crippen LogP contribution < -0.4 is 10.6 Å². The zero-order valence-electron chi connectivity index (χ0n) is 20.1. The molecule has 1 aromatic carbocycles. The van der Waals surface area contributed by atoms with Gasteiger partial charge in [0.05, 0.1) is 40.1 Å². The number of benzene rings is 1. The van der Waals surface area contributed by atoms with Crippen molar-refractivity contribution in [2.45, 2.75) is 46.7 Å². The molecule has 1 atom stereocenters. The second-order valence-electron chi connectivity index (χ2n) is 8.12. The van der Waals surface area contributed by atoms with Crippen molar-refractivity contribution in [3.8, 4) is 0 Å². The van der Waals surface area contributed by atoms with Crippen LogP contribution in [-0.2, 0) is 19.9 Å². The van der Waals surface area contributed by atoms with Gasteiger partial charge in [0.1, 0.15) is 25.7 Å². The van der Waals surface area contributed by atoms with Gasteiger partial charge in [0.25, 0.3) is 11.8 Å². The molecule has 0 fully saturated rings. The fraction of sp³-hybridized carbons (Fsp3) is 0.375. The van der Waals surface area contributed by atoms with Crippen LogP contribution in [0.2, 0.25) is 0 Å². The van der Waals surface area contributed by atoms with Gasteiger partial charge >= 0.3 is 0 Å². The molecule has 0 radical (unpaired) electrons. The minimum absolute atomic E-state index is 0.0510. The predicted octanol–water partition coefficient (Wildman–Crippen LogP) is 4.01. The molecule has 0 aliphatic rings. The Morgan fingerprint density at radius 3 is 2.60 bits per heavy atom. The summed E-state index contributed by atoms with van der Waals surface area (Å²) in [6.45, 7) is 3.87. The lowest BCUT2D eigenvalue weighted by Crippen LogP contribution is -2.36. The van der Waals surface area contributed by atoms with Gasteiger partial charge in [0, 0.05) is 11.8 Å². The summed E-state index contributed by atoms with van der Waals surface area (Å²) in [5.74, 6) is 0.314. The van der Waals surface area contributed by atoms with Crippen molar-refractivity contribution in [3.63, 3.8) is 0 Å². The molecule has 2 aromatic heterocycles. The van der Waals surface area contributed by atoms with Crippen LogP contribution in [0.3, 0.4) is 0 Å². The third-order valence-corrected chi connectivity index (χ3v) is 6.13. The number of alkyl halides is 2. The van der Waals surface area contributed by atoms with Crippen LogP contribution in [0.25, 0.3) is 0 Å². The lowest BCUT2D eigenvalue weighted by atomic mass is 10.00. The molecule has 0 bridgehead atoms. The Labute approximate surface area is 206 Å². The highest BCUT2D eigenvalue weighted by atomic mass is 32.2. The van der Waals surface area contributed by atoms with E-state index < -0.39 is 19.3 Å². The average molecular weight is 503 g/mol. The van der Waals surface area contributed by atoms with Gasteiger partial charge in [0.2, 0.25) is 0 Å². The zero-order valence-corrected chi connectivity index (χ0v) is 20.9. The van der Waals surface area contributed by atoms with Gasteiger partial charge in [0.15, 0.2) is 0 Å². The van der Waals surface area contributed by atoms with Crippen molar-refractivity contribution in [3.05, 3.63) is 70.1 Å². The average Bonchev–Trinajstić information content (AvgIpc) is 3.22. The van der Waals surface area contributed by atoms with Gasteiger partial charge in [-0.1, -0.05) is 12.1 Å². The van der Waals surface area contributed by atoms with E-state index in [9.17, 15) is 18.4 Å². The van der Waals surface area contributed by atoms with Crippen LogP contribution in [0.4, 0.5) is 14.5 Å². The van der Waals surface area contributed by atoms with Crippen LogP contribution in [0, 0.1) is 13.8 Å². The van der Waals surface area contributed by atoms with E-state index in [0.717, 1.165) is 5.75 Å². The molecule has 0 aliphatic heterocycles. The lowest BCUT2D eigenvalue weighted by Gasteiger charge is -2.17. The molecular weight excluding hydrogens is 474 g/mol. The number of hydrogen-bond acceptors (Lipinski definition) is 6. The van der Waals surface area contributed by atoms with Crippen molar-refractivity contribution in [2.24, 2.45) is 0 Å². The Bertz CT molecular complexity index is 1220. The first-order chi connectivity index (χ1) is 16.8.